The van der Waals surface area contributed by atoms with Crippen molar-refractivity contribution in [3.63, 3.8) is 0 Å². The Kier molecular flexibility index (Phi) is 5.78. The Bertz CT molecular complexity index is 1160. The van der Waals surface area contributed by atoms with Gasteiger partial charge in [0, 0.05) is 10.2 Å². The van der Waals surface area contributed by atoms with Crippen LogP contribution in [0, 0.1) is 0 Å². The van der Waals surface area contributed by atoms with Crippen LogP contribution in [0.1, 0.15) is 0 Å². The summed E-state index contributed by atoms with van der Waals surface area (Å²) in [5.41, 5.74) is 1.45. The summed E-state index contributed by atoms with van der Waals surface area (Å²) < 4.78 is 8.46. The molecular weight excluding hydrogens is 436 g/mol. The minimum atomic E-state index is -0.0628. The zero-order chi connectivity index (χ0) is 19.3. The van der Waals surface area contributed by atoms with Crippen LogP contribution in [0.15, 0.2) is 93.3 Å². The van der Waals surface area contributed by atoms with E-state index in [1.54, 1.807) is 4.57 Å². The first-order chi connectivity index (χ1) is 13.7. The first-order valence-corrected chi connectivity index (χ1v) is 10.6. The van der Waals surface area contributed by atoms with E-state index in [1.807, 2.05) is 78.9 Å². The van der Waals surface area contributed by atoms with Gasteiger partial charge < -0.3 is 4.74 Å². The molecule has 4 nitrogen and oxygen atoms in total. The maximum atomic E-state index is 13.1. The largest absolute Gasteiger partial charge is 0.493 e. The fourth-order valence-corrected chi connectivity index (χ4v) is 4.07. The molecule has 4 aromatic rings. The summed E-state index contributed by atoms with van der Waals surface area (Å²) in [5, 5.41) is 1.27. The van der Waals surface area contributed by atoms with Crippen molar-refractivity contribution in [3.8, 4) is 11.4 Å². The summed E-state index contributed by atoms with van der Waals surface area (Å²) in [6, 6.07) is 24.8. The number of benzene rings is 3. The number of rotatable bonds is 6. The molecule has 28 heavy (non-hydrogen) atoms. The van der Waals surface area contributed by atoms with Gasteiger partial charge >= 0.3 is 0 Å². The van der Waals surface area contributed by atoms with Crippen molar-refractivity contribution in [2.75, 3.05) is 12.4 Å². The van der Waals surface area contributed by atoms with Crippen molar-refractivity contribution in [1.29, 1.82) is 0 Å². The van der Waals surface area contributed by atoms with Crippen molar-refractivity contribution in [2.24, 2.45) is 0 Å². The van der Waals surface area contributed by atoms with E-state index in [1.165, 1.54) is 11.8 Å². The molecule has 0 spiro atoms. The van der Waals surface area contributed by atoms with Crippen molar-refractivity contribution in [2.45, 2.75) is 5.16 Å². The predicted molar refractivity (Wildman–Crippen MR) is 118 cm³/mol. The van der Waals surface area contributed by atoms with Crippen LogP contribution in [0.5, 0.6) is 5.75 Å². The highest BCUT2D eigenvalue weighted by Gasteiger charge is 2.13. The molecule has 0 radical (unpaired) electrons. The van der Waals surface area contributed by atoms with Gasteiger partial charge in [-0.15, -0.1) is 0 Å². The molecule has 0 aliphatic rings. The second-order valence-electron chi connectivity index (χ2n) is 6.04. The van der Waals surface area contributed by atoms with E-state index in [4.69, 9.17) is 9.72 Å². The molecule has 140 valence electrons. The predicted octanol–water partition coefficient (Wildman–Crippen LogP) is 5.32. The Morgan fingerprint density at radius 3 is 2.57 bits per heavy atom. The highest BCUT2D eigenvalue weighted by atomic mass is 79.9. The van der Waals surface area contributed by atoms with Crippen molar-refractivity contribution in [3.05, 3.63) is 93.7 Å². The van der Waals surface area contributed by atoms with E-state index < -0.39 is 0 Å². The summed E-state index contributed by atoms with van der Waals surface area (Å²) in [4.78, 5) is 17.8. The molecular formula is C22H17BrN2O2S. The lowest BCUT2D eigenvalue weighted by atomic mass is 10.2. The Balaban J connectivity index is 1.61. The van der Waals surface area contributed by atoms with Crippen LogP contribution in [0.25, 0.3) is 16.6 Å². The van der Waals surface area contributed by atoms with Gasteiger partial charge in [-0.25, -0.2) is 4.98 Å². The van der Waals surface area contributed by atoms with E-state index in [2.05, 4.69) is 15.9 Å². The summed E-state index contributed by atoms with van der Waals surface area (Å²) >= 11 is 4.95. The molecule has 0 aliphatic heterocycles. The molecule has 0 amide bonds. The highest BCUT2D eigenvalue weighted by molar-refractivity contribution is 9.10. The van der Waals surface area contributed by atoms with Crippen molar-refractivity contribution < 1.29 is 4.74 Å². The molecule has 0 aliphatic carbocycles. The number of aromatic nitrogens is 2. The summed E-state index contributed by atoms with van der Waals surface area (Å²) in [7, 11) is 0. The second-order valence-corrected chi connectivity index (χ2v) is 8.02. The Hall–Kier alpha value is -2.57. The summed E-state index contributed by atoms with van der Waals surface area (Å²) in [6.45, 7) is 0.513. The average molecular weight is 453 g/mol. The smallest absolute Gasteiger partial charge is 0.266 e. The van der Waals surface area contributed by atoms with Gasteiger partial charge in [0.1, 0.15) is 5.75 Å². The van der Waals surface area contributed by atoms with E-state index in [0.717, 1.165) is 15.9 Å². The molecule has 1 aromatic heterocycles. The second kappa shape index (κ2) is 8.63. The van der Waals surface area contributed by atoms with Crippen molar-refractivity contribution >= 4 is 38.6 Å². The molecule has 0 N–H and O–H groups in total. The zero-order valence-corrected chi connectivity index (χ0v) is 17.3. The zero-order valence-electron chi connectivity index (χ0n) is 14.9. The van der Waals surface area contributed by atoms with Gasteiger partial charge in [0.15, 0.2) is 5.16 Å². The fraction of sp³-hybridized carbons (Fsp3) is 0.0909. The van der Waals surface area contributed by atoms with Crippen LogP contribution >= 0.6 is 27.7 Å². The third-order valence-corrected chi connectivity index (χ3v) is 5.53. The topological polar surface area (TPSA) is 44.1 Å². The van der Waals surface area contributed by atoms with Crippen LogP contribution < -0.4 is 10.3 Å². The van der Waals surface area contributed by atoms with E-state index in [0.29, 0.717) is 28.4 Å². The van der Waals surface area contributed by atoms with Gasteiger partial charge in [-0.3, -0.25) is 9.36 Å². The molecule has 1 heterocycles. The maximum Gasteiger partial charge on any atom is 0.266 e. The molecule has 3 aromatic carbocycles. The number of para-hydroxylation sites is 2. The monoisotopic (exact) mass is 452 g/mol. The minimum Gasteiger partial charge on any atom is -0.493 e. The molecule has 4 rings (SSSR count). The fourth-order valence-electron chi connectivity index (χ4n) is 2.86. The average Bonchev–Trinajstić information content (AvgIpc) is 2.72. The number of hydrogen-bond donors (Lipinski definition) is 0. The minimum absolute atomic E-state index is 0.0628. The van der Waals surface area contributed by atoms with Crippen LogP contribution in [-0.2, 0) is 0 Å². The Labute approximate surface area is 175 Å². The number of halogens is 1. The lowest BCUT2D eigenvalue weighted by molar-refractivity contribution is 0.343. The summed E-state index contributed by atoms with van der Waals surface area (Å²) in [5.74, 6) is 1.48. The highest BCUT2D eigenvalue weighted by Crippen LogP contribution is 2.22. The van der Waals surface area contributed by atoms with E-state index in [-0.39, 0.29) is 5.56 Å². The van der Waals surface area contributed by atoms with Crippen LogP contribution in [0.2, 0.25) is 0 Å². The first kappa shape index (κ1) is 18.8. The van der Waals surface area contributed by atoms with Gasteiger partial charge in [0.05, 0.1) is 23.2 Å². The number of hydrogen-bond acceptors (Lipinski definition) is 4. The van der Waals surface area contributed by atoms with Gasteiger partial charge in [-0.2, -0.15) is 0 Å². The normalized spacial score (nSPS) is 10.9. The van der Waals surface area contributed by atoms with Crippen LogP contribution in [-0.4, -0.2) is 21.9 Å². The summed E-state index contributed by atoms with van der Waals surface area (Å²) in [6.07, 6.45) is 0. The first-order valence-electron chi connectivity index (χ1n) is 8.81. The Morgan fingerprint density at radius 1 is 0.964 bits per heavy atom. The number of ether oxygens (including phenoxy) is 1. The van der Waals surface area contributed by atoms with Gasteiger partial charge in [0.2, 0.25) is 0 Å². The van der Waals surface area contributed by atoms with Gasteiger partial charge in [-0.1, -0.05) is 64.1 Å². The number of nitrogens with zero attached hydrogens (tertiary/aromatic N) is 2. The molecule has 0 fully saturated rings. The maximum absolute atomic E-state index is 13.1. The molecule has 0 atom stereocenters. The molecule has 6 heteroatoms. The van der Waals surface area contributed by atoms with Gasteiger partial charge in [0.25, 0.3) is 5.56 Å². The SMILES string of the molecule is O=c1c2ccccc2nc(SCCOc2cccc(Br)c2)n1-c1ccccc1. The number of thioether (sulfide) groups is 1. The number of fused-ring (bicyclic) bond motifs is 1. The van der Waals surface area contributed by atoms with Gasteiger partial charge in [-0.05, 0) is 42.5 Å². The standard InChI is InChI=1S/C22H17BrN2O2S/c23-16-7-6-10-18(15-16)27-13-14-28-22-24-20-12-5-4-11-19(20)21(26)25(22)17-8-2-1-3-9-17/h1-12,15H,13-14H2. The lowest BCUT2D eigenvalue weighted by Crippen LogP contribution is -2.22. The third-order valence-electron chi connectivity index (χ3n) is 4.14. The van der Waals surface area contributed by atoms with Crippen LogP contribution in [0.3, 0.4) is 0 Å². The molecule has 0 saturated carbocycles. The van der Waals surface area contributed by atoms with E-state index >= 15 is 0 Å². The molecule has 0 unspecified atom stereocenters. The Morgan fingerprint density at radius 2 is 1.75 bits per heavy atom. The third kappa shape index (κ3) is 4.13. The van der Waals surface area contributed by atoms with E-state index in [9.17, 15) is 4.79 Å². The quantitative estimate of drug-likeness (QED) is 0.225. The van der Waals surface area contributed by atoms with Crippen LogP contribution in [0.4, 0.5) is 0 Å². The molecule has 0 bridgehead atoms. The molecule has 0 saturated heterocycles. The van der Waals surface area contributed by atoms with Crippen molar-refractivity contribution in [1.82, 2.24) is 9.55 Å². The lowest BCUT2D eigenvalue weighted by Gasteiger charge is -2.13.